The molecule has 0 bridgehead atoms. The Labute approximate surface area is 130 Å². The third kappa shape index (κ3) is 3.35. The lowest BCUT2D eigenvalue weighted by atomic mass is 10.1. The van der Waals surface area contributed by atoms with Gasteiger partial charge in [-0.1, -0.05) is 24.3 Å². The van der Waals surface area contributed by atoms with Crippen LogP contribution in [-0.4, -0.2) is 36.8 Å². The van der Waals surface area contributed by atoms with Crippen LogP contribution < -0.4 is 5.73 Å². The number of fused-ring (bicyclic) bond motifs is 1. The van der Waals surface area contributed by atoms with Gasteiger partial charge in [0.05, 0.1) is 11.3 Å². The van der Waals surface area contributed by atoms with Crippen LogP contribution >= 0.6 is 12.4 Å². The second-order valence-corrected chi connectivity index (χ2v) is 7.12. The summed E-state index contributed by atoms with van der Waals surface area (Å²) in [7, 11) is -3.32. The molecule has 0 saturated carbocycles. The molecule has 1 aromatic heterocycles. The lowest BCUT2D eigenvalue weighted by Gasteiger charge is -2.16. The van der Waals surface area contributed by atoms with Gasteiger partial charge < -0.3 is 5.73 Å². The third-order valence-electron chi connectivity index (χ3n) is 3.64. The molecule has 1 aliphatic heterocycles. The van der Waals surface area contributed by atoms with Crippen LogP contribution in [0, 0.1) is 0 Å². The molecule has 2 heterocycles. The summed E-state index contributed by atoms with van der Waals surface area (Å²) in [4.78, 5) is 4.30. The van der Waals surface area contributed by atoms with Crippen molar-refractivity contribution in [3.05, 3.63) is 42.1 Å². The van der Waals surface area contributed by atoms with Crippen molar-refractivity contribution in [1.82, 2.24) is 9.29 Å². The highest BCUT2D eigenvalue weighted by atomic mass is 35.5. The van der Waals surface area contributed by atoms with E-state index < -0.39 is 10.0 Å². The van der Waals surface area contributed by atoms with Crippen LogP contribution in [0.2, 0.25) is 0 Å². The van der Waals surface area contributed by atoms with E-state index in [0.717, 1.165) is 22.9 Å². The summed E-state index contributed by atoms with van der Waals surface area (Å²) in [6.07, 6.45) is 2.41. The minimum Gasteiger partial charge on any atom is -0.326 e. The number of pyridine rings is 1. The summed E-state index contributed by atoms with van der Waals surface area (Å²) in [5.74, 6) is -0.0198. The Morgan fingerprint density at radius 3 is 2.76 bits per heavy atom. The summed E-state index contributed by atoms with van der Waals surface area (Å²) >= 11 is 0. The molecule has 1 aromatic carbocycles. The highest BCUT2D eigenvalue weighted by Crippen LogP contribution is 2.21. The number of para-hydroxylation sites is 1. The van der Waals surface area contributed by atoms with Gasteiger partial charge >= 0.3 is 0 Å². The van der Waals surface area contributed by atoms with Crippen LogP contribution in [0.4, 0.5) is 0 Å². The molecule has 2 aromatic rings. The summed E-state index contributed by atoms with van der Waals surface area (Å²) in [5.41, 5.74) is 7.28. The van der Waals surface area contributed by atoms with E-state index in [9.17, 15) is 8.42 Å². The van der Waals surface area contributed by atoms with Crippen LogP contribution in [0.1, 0.15) is 12.0 Å². The van der Waals surface area contributed by atoms with Crippen LogP contribution in [-0.2, 0) is 15.8 Å². The van der Waals surface area contributed by atoms with Crippen molar-refractivity contribution >= 4 is 33.3 Å². The minimum atomic E-state index is -3.32. The number of nitrogens with zero attached hydrogens (tertiary/aromatic N) is 2. The molecule has 1 saturated heterocycles. The topological polar surface area (TPSA) is 76.3 Å². The first-order valence-electron chi connectivity index (χ1n) is 6.62. The van der Waals surface area contributed by atoms with Crippen LogP contribution in [0.25, 0.3) is 10.9 Å². The van der Waals surface area contributed by atoms with Gasteiger partial charge in [0.2, 0.25) is 10.0 Å². The van der Waals surface area contributed by atoms with Crippen molar-refractivity contribution in [3.63, 3.8) is 0 Å². The second-order valence-electron chi connectivity index (χ2n) is 5.16. The zero-order chi connectivity index (χ0) is 14.2. The molecule has 5 nitrogen and oxygen atoms in total. The normalized spacial score (nSPS) is 19.6. The predicted octanol–water partition coefficient (Wildman–Crippen LogP) is 1.52. The molecule has 0 unspecified atom stereocenters. The number of hydrogen-bond acceptors (Lipinski definition) is 4. The van der Waals surface area contributed by atoms with E-state index >= 15 is 0 Å². The molecule has 2 N–H and O–H groups in total. The molecule has 0 aliphatic carbocycles. The monoisotopic (exact) mass is 327 g/mol. The van der Waals surface area contributed by atoms with Crippen molar-refractivity contribution in [3.8, 4) is 0 Å². The Balaban J connectivity index is 0.00000161. The summed E-state index contributed by atoms with van der Waals surface area (Å²) < 4.78 is 26.4. The molecule has 1 atom stereocenters. The Morgan fingerprint density at radius 2 is 2.05 bits per heavy atom. The maximum Gasteiger partial charge on any atom is 0.218 e. The first-order valence-corrected chi connectivity index (χ1v) is 8.23. The maximum atomic E-state index is 12.4. The number of rotatable bonds is 3. The van der Waals surface area contributed by atoms with Crippen molar-refractivity contribution in [2.24, 2.45) is 5.73 Å². The summed E-state index contributed by atoms with van der Waals surface area (Å²) in [5, 5.41) is 0.957. The Morgan fingerprint density at radius 1 is 1.29 bits per heavy atom. The number of halogens is 1. The molecule has 0 radical (unpaired) electrons. The van der Waals surface area contributed by atoms with E-state index in [4.69, 9.17) is 5.73 Å². The molecule has 114 valence electrons. The average molecular weight is 328 g/mol. The van der Waals surface area contributed by atoms with Gasteiger partial charge in [0.1, 0.15) is 0 Å². The molecule has 1 aliphatic rings. The lowest BCUT2D eigenvalue weighted by Crippen LogP contribution is -2.32. The van der Waals surface area contributed by atoms with Crippen molar-refractivity contribution in [2.45, 2.75) is 18.2 Å². The largest absolute Gasteiger partial charge is 0.326 e. The van der Waals surface area contributed by atoms with E-state index in [1.165, 1.54) is 4.31 Å². The number of benzene rings is 1. The second kappa shape index (κ2) is 6.27. The van der Waals surface area contributed by atoms with E-state index in [0.29, 0.717) is 13.1 Å². The zero-order valence-corrected chi connectivity index (χ0v) is 13.1. The number of aromatic nitrogens is 1. The highest BCUT2D eigenvalue weighted by molar-refractivity contribution is 7.88. The van der Waals surface area contributed by atoms with Crippen LogP contribution in [0.5, 0.6) is 0 Å². The fourth-order valence-corrected chi connectivity index (χ4v) is 4.19. The smallest absolute Gasteiger partial charge is 0.218 e. The lowest BCUT2D eigenvalue weighted by molar-refractivity contribution is 0.471. The van der Waals surface area contributed by atoms with Gasteiger partial charge in [-0.05, 0) is 18.1 Å². The van der Waals surface area contributed by atoms with E-state index in [-0.39, 0.29) is 24.2 Å². The Kier molecular flexibility index (Phi) is 4.83. The molecular weight excluding hydrogens is 310 g/mol. The summed E-state index contributed by atoms with van der Waals surface area (Å²) in [6.45, 7) is 0.933. The SMILES string of the molecule is Cl.N[C@@H]1CCN(S(=O)(=O)Cc2cccc3cccnc23)C1. The van der Waals surface area contributed by atoms with Gasteiger partial charge in [-0.3, -0.25) is 4.98 Å². The summed E-state index contributed by atoms with van der Waals surface area (Å²) in [6, 6.07) is 9.36. The fraction of sp³-hybridized carbons (Fsp3) is 0.357. The van der Waals surface area contributed by atoms with Crippen molar-refractivity contribution in [2.75, 3.05) is 13.1 Å². The quantitative estimate of drug-likeness (QED) is 0.927. The highest BCUT2D eigenvalue weighted by Gasteiger charge is 2.29. The molecule has 21 heavy (non-hydrogen) atoms. The van der Waals surface area contributed by atoms with Crippen molar-refractivity contribution < 1.29 is 8.42 Å². The maximum absolute atomic E-state index is 12.4. The van der Waals surface area contributed by atoms with Gasteiger partial charge in [0, 0.05) is 30.7 Å². The van der Waals surface area contributed by atoms with E-state index in [1.807, 2.05) is 30.3 Å². The average Bonchev–Trinajstić information content (AvgIpc) is 2.86. The Bertz CT molecular complexity index is 731. The Hall–Kier alpha value is -1.21. The zero-order valence-electron chi connectivity index (χ0n) is 11.5. The minimum absolute atomic E-state index is 0. The third-order valence-corrected chi connectivity index (χ3v) is 5.43. The van der Waals surface area contributed by atoms with Gasteiger partial charge in [-0.2, -0.15) is 0 Å². The standard InChI is InChI=1S/C14H17N3O2S.ClH/c15-13-6-8-17(9-13)20(18,19)10-12-4-1-3-11-5-2-7-16-14(11)12;/h1-5,7,13H,6,8-10,15H2;1H/t13-;/m1./s1. The predicted molar refractivity (Wildman–Crippen MR) is 85.8 cm³/mol. The number of nitrogens with two attached hydrogens (primary N) is 1. The van der Waals surface area contributed by atoms with Gasteiger partial charge in [0.15, 0.2) is 0 Å². The molecule has 1 fully saturated rings. The molecule has 3 rings (SSSR count). The van der Waals surface area contributed by atoms with Crippen molar-refractivity contribution in [1.29, 1.82) is 0 Å². The van der Waals surface area contributed by atoms with E-state index in [1.54, 1.807) is 6.20 Å². The van der Waals surface area contributed by atoms with Gasteiger partial charge in [-0.25, -0.2) is 12.7 Å². The van der Waals surface area contributed by atoms with Gasteiger partial charge in [0.25, 0.3) is 0 Å². The molecule has 0 amide bonds. The molecule has 7 heteroatoms. The fourth-order valence-electron chi connectivity index (χ4n) is 2.58. The first-order chi connectivity index (χ1) is 9.56. The van der Waals surface area contributed by atoms with Crippen LogP contribution in [0.15, 0.2) is 36.5 Å². The first kappa shape index (κ1) is 16.2. The molecule has 0 spiro atoms. The van der Waals surface area contributed by atoms with E-state index in [2.05, 4.69) is 4.98 Å². The number of sulfonamides is 1. The number of hydrogen-bond donors (Lipinski definition) is 1. The van der Waals surface area contributed by atoms with Crippen LogP contribution in [0.3, 0.4) is 0 Å². The van der Waals surface area contributed by atoms with Gasteiger partial charge in [-0.15, -0.1) is 12.4 Å². The molecular formula is C14H18ClN3O2S.